The van der Waals surface area contributed by atoms with E-state index in [4.69, 9.17) is 4.74 Å². The molecule has 4 aliphatic carbocycles. The number of ether oxygens (including phenoxy) is 1. The van der Waals surface area contributed by atoms with Gasteiger partial charge in [0.2, 0.25) is 0 Å². The molecule has 2 aromatic rings. The van der Waals surface area contributed by atoms with Gasteiger partial charge in [-0.1, -0.05) is 99.2 Å². The van der Waals surface area contributed by atoms with Gasteiger partial charge in [-0.3, -0.25) is 4.79 Å². The van der Waals surface area contributed by atoms with E-state index in [1.807, 2.05) is 0 Å². The van der Waals surface area contributed by atoms with Crippen molar-refractivity contribution in [1.82, 2.24) is 0 Å². The van der Waals surface area contributed by atoms with E-state index in [9.17, 15) is 4.79 Å². The Morgan fingerprint density at radius 2 is 1.60 bits per heavy atom. The first-order chi connectivity index (χ1) is 19.3. The maximum absolute atomic E-state index is 11.6. The number of rotatable bonds is 6. The number of hydrogen-bond donors (Lipinski definition) is 0. The van der Waals surface area contributed by atoms with E-state index in [1.54, 1.807) is 12.5 Å². The van der Waals surface area contributed by atoms with Crippen LogP contribution in [0.2, 0.25) is 0 Å². The molecular formula is C38H48O2. The lowest BCUT2D eigenvalue weighted by molar-refractivity contribution is -0.148. The van der Waals surface area contributed by atoms with Crippen LogP contribution in [-0.2, 0) is 9.53 Å². The predicted molar refractivity (Wildman–Crippen MR) is 164 cm³/mol. The van der Waals surface area contributed by atoms with Gasteiger partial charge in [0.1, 0.15) is 6.10 Å². The van der Waals surface area contributed by atoms with Gasteiger partial charge in [-0.2, -0.15) is 0 Å². The van der Waals surface area contributed by atoms with E-state index in [2.05, 4.69) is 93.6 Å². The Balaban J connectivity index is 1.20. The van der Waals surface area contributed by atoms with Crippen LogP contribution in [0.1, 0.15) is 96.6 Å². The van der Waals surface area contributed by atoms with E-state index in [1.165, 1.54) is 55.2 Å². The maximum Gasteiger partial charge on any atom is 0.302 e. The van der Waals surface area contributed by atoms with Crippen molar-refractivity contribution in [3.8, 4) is 0 Å². The Labute approximate surface area is 242 Å². The van der Waals surface area contributed by atoms with Crippen molar-refractivity contribution in [2.45, 2.75) is 91.6 Å². The Bertz CT molecular complexity index is 1220. The third-order valence-electron chi connectivity index (χ3n) is 12.0. The third-order valence-corrected chi connectivity index (χ3v) is 12.0. The van der Waals surface area contributed by atoms with E-state index in [0.29, 0.717) is 16.7 Å². The fourth-order valence-electron chi connectivity index (χ4n) is 10.0. The van der Waals surface area contributed by atoms with Crippen LogP contribution in [0.3, 0.4) is 0 Å². The van der Waals surface area contributed by atoms with Crippen molar-refractivity contribution < 1.29 is 9.53 Å². The summed E-state index contributed by atoms with van der Waals surface area (Å²) in [5.41, 5.74) is 6.35. The van der Waals surface area contributed by atoms with E-state index in [0.717, 1.165) is 42.9 Å². The quantitative estimate of drug-likeness (QED) is 0.271. The molecule has 0 spiro atoms. The van der Waals surface area contributed by atoms with Crippen LogP contribution in [0.15, 0.2) is 78.4 Å². The van der Waals surface area contributed by atoms with Gasteiger partial charge in [-0.05, 0) is 108 Å². The van der Waals surface area contributed by atoms with Crippen LogP contribution in [0.25, 0.3) is 5.57 Å². The molecule has 8 atom stereocenters. The van der Waals surface area contributed by atoms with Crippen molar-refractivity contribution >= 4 is 11.5 Å². The number of fused-ring (bicyclic) bond motifs is 5. The van der Waals surface area contributed by atoms with Crippen LogP contribution >= 0.6 is 0 Å². The summed E-state index contributed by atoms with van der Waals surface area (Å²) in [4.78, 5) is 11.6. The zero-order valence-electron chi connectivity index (χ0n) is 25.1. The van der Waals surface area contributed by atoms with Crippen LogP contribution < -0.4 is 0 Å². The lowest BCUT2D eigenvalue weighted by Crippen LogP contribution is -2.51. The topological polar surface area (TPSA) is 26.3 Å². The van der Waals surface area contributed by atoms with Gasteiger partial charge in [-0.15, -0.1) is 0 Å². The summed E-state index contributed by atoms with van der Waals surface area (Å²) in [6.07, 6.45) is 16.3. The molecule has 0 aliphatic heterocycles. The summed E-state index contributed by atoms with van der Waals surface area (Å²) < 4.78 is 5.66. The van der Waals surface area contributed by atoms with Gasteiger partial charge < -0.3 is 4.74 Å². The first kappa shape index (κ1) is 27.6. The highest BCUT2D eigenvalue weighted by molar-refractivity contribution is 5.79. The lowest BCUT2D eigenvalue weighted by Gasteiger charge is -2.58. The summed E-state index contributed by atoms with van der Waals surface area (Å²) in [6, 6.07) is 21.9. The number of carbonyl (C=O) groups is 1. The minimum atomic E-state index is -0.128. The second kappa shape index (κ2) is 11.0. The molecule has 4 aliphatic rings. The average Bonchev–Trinajstić information content (AvgIpc) is 3.31. The molecule has 0 amide bonds. The molecule has 2 heteroatoms. The number of esters is 1. The summed E-state index contributed by atoms with van der Waals surface area (Å²) in [5, 5.41) is 0. The van der Waals surface area contributed by atoms with Gasteiger partial charge >= 0.3 is 5.97 Å². The van der Waals surface area contributed by atoms with Gasteiger partial charge in [0.05, 0.1) is 0 Å². The predicted octanol–water partition coefficient (Wildman–Crippen LogP) is 9.66. The van der Waals surface area contributed by atoms with Crippen molar-refractivity contribution in [2.75, 3.05) is 0 Å². The molecule has 6 rings (SSSR count). The highest BCUT2D eigenvalue weighted by Gasteiger charge is 2.59. The molecule has 0 aromatic heterocycles. The lowest BCUT2D eigenvalue weighted by atomic mass is 9.47. The van der Waals surface area contributed by atoms with Gasteiger partial charge in [-0.25, -0.2) is 0 Å². The Kier molecular flexibility index (Phi) is 7.57. The summed E-state index contributed by atoms with van der Waals surface area (Å²) in [7, 11) is 0. The minimum Gasteiger partial charge on any atom is -0.462 e. The second-order valence-electron chi connectivity index (χ2n) is 14.0. The van der Waals surface area contributed by atoms with Crippen LogP contribution in [0.5, 0.6) is 0 Å². The fraction of sp³-hybridized carbons (Fsp3) is 0.553. The molecule has 212 valence electrons. The van der Waals surface area contributed by atoms with Crippen LogP contribution in [0, 0.1) is 40.4 Å². The van der Waals surface area contributed by atoms with E-state index < -0.39 is 0 Å². The van der Waals surface area contributed by atoms with Crippen molar-refractivity contribution in [1.29, 1.82) is 0 Å². The average molecular weight is 537 g/mol. The third kappa shape index (κ3) is 4.90. The summed E-state index contributed by atoms with van der Waals surface area (Å²) in [6.45, 7) is 9.31. The first-order valence-electron chi connectivity index (χ1n) is 16.0. The summed E-state index contributed by atoms with van der Waals surface area (Å²) >= 11 is 0. The summed E-state index contributed by atoms with van der Waals surface area (Å²) in [5.74, 6) is 3.79. The molecule has 0 radical (unpaired) electrons. The van der Waals surface area contributed by atoms with Crippen molar-refractivity contribution in [3.63, 3.8) is 0 Å². The zero-order chi connectivity index (χ0) is 27.9. The zero-order valence-corrected chi connectivity index (χ0v) is 25.1. The minimum absolute atomic E-state index is 0.0867. The molecule has 2 nitrogen and oxygen atoms in total. The van der Waals surface area contributed by atoms with Crippen molar-refractivity contribution in [2.24, 2.45) is 40.4 Å². The second-order valence-corrected chi connectivity index (χ2v) is 14.0. The standard InChI is InChI=1S/C38H48O2/c1-26(15-17-32(28-11-7-5-8-12-28)29-13-9-6-10-14-29)34-19-20-35-33-18-16-30-25-31(40-27(2)39)21-23-37(30,3)36(33)22-24-38(34,35)4/h5-14,16-17,26,31,33-36H,15,18-25H2,1-4H3/t26-,31+,33+,34-,35-,36+,37+,38-/m1/s1. The fourth-order valence-corrected chi connectivity index (χ4v) is 10.0. The monoisotopic (exact) mass is 536 g/mol. The molecular weight excluding hydrogens is 488 g/mol. The molecule has 0 N–H and O–H groups in total. The molecule has 3 fully saturated rings. The van der Waals surface area contributed by atoms with Gasteiger partial charge in [0.25, 0.3) is 0 Å². The van der Waals surface area contributed by atoms with Crippen LogP contribution in [-0.4, -0.2) is 12.1 Å². The number of allylic oxidation sites excluding steroid dienone is 2. The molecule has 0 heterocycles. The number of hydrogen-bond acceptors (Lipinski definition) is 2. The molecule has 40 heavy (non-hydrogen) atoms. The molecule has 0 bridgehead atoms. The number of benzene rings is 2. The molecule has 3 saturated carbocycles. The van der Waals surface area contributed by atoms with Crippen LogP contribution in [0.4, 0.5) is 0 Å². The SMILES string of the molecule is CC(=O)O[C@H]1CC[C@@]2(C)C(=CC[C@H]3[C@H]4CC[C@H]([C@H](C)CC=C(c5ccccc5)c5ccccc5)[C@@]4(C)CC[C@@H]32)C1. The van der Waals surface area contributed by atoms with Crippen molar-refractivity contribution in [3.05, 3.63) is 89.5 Å². The highest BCUT2D eigenvalue weighted by atomic mass is 16.5. The Morgan fingerprint density at radius 3 is 2.25 bits per heavy atom. The van der Waals surface area contributed by atoms with Gasteiger partial charge in [0, 0.05) is 13.3 Å². The first-order valence-corrected chi connectivity index (χ1v) is 16.0. The van der Waals surface area contributed by atoms with Gasteiger partial charge in [0.15, 0.2) is 0 Å². The molecule has 2 aromatic carbocycles. The maximum atomic E-state index is 11.6. The smallest absolute Gasteiger partial charge is 0.302 e. The normalized spacial score (nSPS) is 35.4. The number of carbonyl (C=O) groups excluding carboxylic acids is 1. The highest BCUT2D eigenvalue weighted by Crippen LogP contribution is 2.67. The molecule has 0 saturated heterocycles. The van der Waals surface area contributed by atoms with E-state index >= 15 is 0 Å². The largest absolute Gasteiger partial charge is 0.462 e. The Hall–Kier alpha value is -2.61. The Morgan fingerprint density at radius 1 is 0.925 bits per heavy atom. The van der Waals surface area contributed by atoms with E-state index in [-0.39, 0.29) is 12.1 Å². The molecule has 0 unspecified atom stereocenters.